The van der Waals surface area contributed by atoms with E-state index in [2.05, 4.69) is 20.6 Å². The lowest BCUT2D eigenvalue weighted by Crippen LogP contribution is -2.34. The number of carbonyl (C=O) groups is 2. The van der Waals surface area contributed by atoms with Crippen molar-refractivity contribution < 1.29 is 14.3 Å². The first-order valence-electron chi connectivity index (χ1n) is 11.8. The molecule has 0 bridgehead atoms. The van der Waals surface area contributed by atoms with Crippen LogP contribution in [-0.2, 0) is 4.79 Å². The summed E-state index contributed by atoms with van der Waals surface area (Å²) in [5, 5.41) is 15.7. The molecule has 2 amide bonds. The SMILES string of the molecule is N=C(c1ccc(Cl)cc1)C(CNc1nc(Oc2ccc(Cl)cc2)ncc1C(=O)NCC(N)=O)c1ccccc1. The number of anilines is 1. The zero-order valence-corrected chi connectivity index (χ0v) is 22.0. The van der Waals surface area contributed by atoms with Gasteiger partial charge < -0.3 is 26.5 Å². The fraction of sp³-hybridized carbons (Fsp3) is 0.107. The third-order valence-electron chi connectivity index (χ3n) is 5.64. The third kappa shape index (κ3) is 7.53. The van der Waals surface area contributed by atoms with E-state index in [0.29, 0.717) is 27.1 Å². The summed E-state index contributed by atoms with van der Waals surface area (Å²) < 4.78 is 5.74. The summed E-state index contributed by atoms with van der Waals surface area (Å²) in [6, 6.07) is 23.2. The number of hydrogen-bond acceptors (Lipinski definition) is 7. The Morgan fingerprint density at radius 3 is 2.23 bits per heavy atom. The molecular formula is C28H24Cl2N6O3. The number of primary amides is 1. The van der Waals surface area contributed by atoms with Crippen LogP contribution in [0.25, 0.3) is 0 Å². The van der Waals surface area contributed by atoms with Crippen LogP contribution in [0.1, 0.15) is 27.4 Å². The van der Waals surface area contributed by atoms with Crippen LogP contribution in [-0.4, -0.2) is 40.6 Å². The van der Waals surface area contributed by atoms with E-state index in [1.165, 1.54) is 6.20 Å². The molecule has 1 unspecified atom stereocenters. The first kappa shape index (κ1) is 27.6. The number of nitrogens with zero attached hydrogens (tertiary/aromatic N) is 2. The lowest BCUT2D eigenvalue weighted by molar-refractivity contribution is -0.117. The van der Waals surface area contributed by atoms with Crippen LogP contribution in [0.15, 0.2) is 85.1 Å². The Labute approximate surface area is 234 Å². The predicted octanol–water partition coefficient (Wildman–Crippen LogP) is 5.05. The smallest absolute Gasteiger partial charge is 0.323 e. The quantitative estimate of drug-likeness (QED) is 0.188. The number of benzene rings is 3. The highest BCUT2D eigenvalue weighted by Crippen LogP contribution is 2.26. The maximum atomic E-state index is 12.8. The fourth-order valence-electron chi connectivity index (χ4n) is 3.69. The molecule has 0 radical (unpaired) electrons. The standard InChI is InChI=1S/C28H24Cl2N6O3/c29-19-8-6-18(7-9-19)25(32)22(17-4-2-1-3-5-17)14-33-26-23(27(38)34-16-24(31)37)15-35-28(36-26)39-21-12-10-20(30)11-13-21/h1-13,15,22,32H,14,16H2,(H2,31,37)(H,34,38)(H,33,35,36). The van der Waals surface area contributed by atoms with Gasteiger partial charge in [-0.25, -0.2) is 4.98 Å². The Bertz CT molecular complexity index is 1470. The van der Waals surface area contributed by atoms with Gasteiger partial charge >= 0.3 is 6.01 Å². The van der Waals surface area contributed by atoms with E-state index < -0.39 is 17.7 Å². The molecule has 0 fully saturated rings. The van der Waals surface area contributed by atoms with E-state index in [-0.39, 0.29) is 30.5 Å². The van der Waals surface area contributed by atoms with Crippen molar-refractivity contribution >= 4 is 46.5 Å². The second kappa shape index (κ2) is 12.9. The summed E-state index contributed by atoms with van der Waals surface area (Å²) in [5.41, 5.74) is 7.18. The molecular weight excluding hydrogens is 539 g/mol. The van der Waals surface area contributed by atoms with E-state index in [1.807, 2.05) is 30.3 Å². The molecule has 0 saturated heterocycles. The highest BCUT2D eigenvalue weighted by molar-refractivity contribution is 6.31. The molecule has 39 heavy (non-hydrogen) atoms. The van der Waals surface area contributed by atoms with E-state index in [9.17, 15) is 9.59 Å². The summed E-state index contributed by atoms with van der Waals surface area (Å²) in [4.78, 5) is 32.6. The van der Waals surface area contributed by atoms with E-state index in [1.54, 1.807) is 48.5 Å². The van der Waals surface area contributed by atoms with Gasteiger partial charge in [-0.1, -0.05) is 65.7 Å². The molecule has 9 nitrogen and oxygen atoms in total. The van der Waals surface area contributed by atoms with Crippen LogP contribution < -0.4 is 21.1 Å². The van der Waals surface area contributed by atoms with Gasteiger partial charge in [-0.15, -0.1) is 0 Å². The van der Waals surface area contributed by atoms with E-state index in [4.69, 9.17) is 39.1 Å². The van der Waals surface area contributed by atoms with Crippen molar-refractivity contribution in [3.05, 3.63) is 112 Å². The van der Waals surface area contributed by atoms with Gasteiger partial charge in [-0.2, -0.15) is 4.98 Å². The largest absolute Gasteiger partial charge is 0.424 e. The molecule has 0 aliphatic heterocycles. The molecule has 5 N–H and O–H groups in total. The normalized spacial score (nSPS) is 11.3. The fourth-order valence-corrected chi connectivity index (χ4v) is 3.94. The molecule has 1 aromatic heterocycles. The van der Waals surface area contributed by atoms with Gasteiger partial charge in [0.2, 0.25) is 5.91 Å². The number of ether oxygens (including phenoxy) is 1. The van der Waals surface area contributed by atoms with Crippen LogP contribution in [0.2, 0.25) is 10.0 Å². The number of carbonyl (C=O) groups excluding carboxylic acids is 2. The van der Waals surface area contributed by atoms with Crippen LogP contribution in [0.4, 0.5) is 5.82 Å². The number of nitrogens with one attached hydrogen (secondary N) is 3. The third-order valence-corrected chi connectivity index (χ3v) is 6.14. The molecule has 0 aliphatic rings. The first-order valence-corrected chi connectivity index (χ1v) is 12.6. The molecule has 4 aromatic rings. The average molecular weight is 563 g/mol. The molecule has 0 aliphatic carbocycles. The summed E-state index contributed by atoms with van der Waals surface area (Å²) in [7, 11) is 0. The monoisotopic (exact) mass is 562 g/mol. The van der Waals surface area contributed by atoms with Crippen molar-refractivity contribution in [2.75, 3.05) is 18.4 Å². The topological polar surface area (TPSA) is 143 Å². The zero-order valence-electron chi connectivity index (χ0n) is 20.5. The predicted molar refractivity (Wildman–Crippen MR) is 151 cm³/mol. The molecule has 1 atom stereocenters. The Balaban J connectivity index is 1.64. The Hall–Kier alpha value is -4.47. The highest BCUT2D eigenvalue weighted by Gasteiger charge is 2.22. The van der Waals surface area contributed by atoms with Crippen molar-refractivity contribution in [2.45, 2.75) is 5.92 Å². The number of hydrogen-bond donors (Lipinski definition) is 4. The minimum atomic E-state index is -0.693. The van der Waals surface area contributed by atoms with Crippen molar-refractivity contribution in [3.8, 4) is 11.8 Å². The lowest BCUT2D eigenvalue weighted by Gasteiger charge is -2.21. The van der Waals surface area contributed by atoms with Crippen molar-refractivity contribution in [3.63, 3.8) is 0 Å². The Kier molecular flexibility index (Phi) is 9.09. The van der Waals surface area contributed by atoms with Gasteiger partial charge in [0.05, 0.1) is 6.54 Å². The van der Waals surface area contributed by atoms with Gasteiger partial charge in [-0.05, 0) is 47.5 Å². The van der Waals surface area contributed by atoms with Crippen molar-refractivity contribution in [2.24, 2.45) is 5.73 Å². The molecule has 1 heterocycles. The summed E-state index contributed by atoms with van der Waals surface area (Å²) in [6.45, 7) is -0.145. The van der Waals surface area contributed by atoms with Gasteiger partial charge in [0.25, 0.3) is 5.91 Å². The van der Waals surface area contributed by atoms with Crippen LogP contribution in [0.3, 0.4) is 0 Å². The summed E-state index contributed by atoms with van der Waals surface area (Å²) in [6.07, 6.45) is 1.29. The maximum absolute atomic E-state index is 12.8. The highest BCUT2D eigenvalue weighted by atomic mass is 35.5. The summed E-state index contributed by atoms with van der Waals surface area (Å²) >= 11 is 12.0. The molecule has 0 spiro atoms. The molecule has 4 rings (SSSR count). The number of amides is 2. The Morgan fingerprint density at radius 1 is 0.949 bits per heavy atom. The first-order chi connectivity index (χ1) is 18.8. The van der Waals surface area contributed by atoms with Gasteiger partial charge in [0.1, 0.15) is 17.1 Å². The van der Waals surface area contributed by atoms with Crippen LogP contribution >= 0.6 is 23.2 Å². The lowest BCUT2D eigenvalue weighted by atomic mass is 9.90. The van der Waals surface area contributed by atoms with Crippen molar-refractivity contribution in [1.29, 1.82) is 5.41 Å². The zero-order chi connectivity index (χ0) is 27.8. The number of halogens is 2. The second-order valence-corrected chi connectivity index (χ2v) is 9.26. The summed E-state index contributed by atoms with van der Waals surface area (Å²) in [5.74, 6) is -1.10. The van der Waals surface area contributed by atoms with Gasteiger partial charge in [-0.3, -0.25) is 9.59 Å². The Morgan fingerprint density at radius 2 is 1.59 bits per heavy atom. The maximum Gasteiger partial charge on any atom is 0.323 e. The number of nitrogens with two attached hydrogens (primary N) is 1. The molecule has 3 aromatic carbocycles. The van der Waals surface area contributed by atoms with Crippen LogP contribution in [0, 0.1) is 5.41 Å². The van der Waals surface area contributed by atoms with Crippen molar-refractivity contribution in [1.82, 2.24) is 15.3 Å². The second-order valence-electron chi connectivity index (χ2n) is 8.38. The molecule has 198 valence electrons. The minimum Gasteiger partial charge on any atom is -0.424 e. The molecule has 0 saturated carbocycles. The number of rotatable bonds is 11. The van der Waals surface area contributed by atoms with Crippen LogP contribution in [0.5, 0.6) is 11.8 Å². The minimum absolute atomic E-state index is 0.0182. The number of aromatic nitrogens is 2. The van der Waals surface area contributed by atoms with E-state index >= 15 is 0 Å². The molecule has 11 heteroatoms. The van der Waals surface area contributed by atoms with Gasteiger partial charge in [0, 0.05) is 34.4 Å². The van der Waals surface area contributed by atoms with Gasteiger partial charge in [0.15, 0.2) is 0 Å². The van der Waals surface area contributed by atoms with E-state index in [0.717, 1.165) is 5.56 Å². The average Bonchev–Trinajstić information content (AvgIpc) is 2.94.